The maximum atomic E-state index is 13.6. The molecule has 226 valence electrons. The van der Waals surface area contributed by atoms with Gasteiger partial charge >= 0.3 is 6.09 Å². The molecule has 2 fully saturated rings. The zero-order valence-electron chi connectivity index (χ0n) is 25.8. The highest BCUT2D eigenvalue weighted by Gasteiger charge is 2.48. The number of aryl methyl sites for hydroxylation is 1. The van der Waals surface area contributed by atoms with E-state index in [0.29, 0.717) is 31.0 Å². The monoisotopic (exact) mass is 603 g/mol. The van der Waals surface area contributed by atoms with Crippen LogP contribution >= 0.6 is 11.6 Å². The van der Waals surface area contributed by atoms with Gasteiger partial charge in [0.1, 0.15) is 29.3 Å². The molecule has 2 aromatic rings. The first kappa shape index (κ1) is 31.5. The normalized spacial score (nSPS) is 16.5. The van der Waals surface area contributed by atoms with Gasteiger partial charge in [-0.3, -0.25) is 4.79 Å². The minimum atomic E-state index is -1.17. The van der Waals surface area contributed by atoms with Gasteiger partial charge in [-0.1, -0.05) is 31.2 Å². The smallest absolute Gasteiger partial charge is 0.408 e. The van der Waals surface area contributed by atoms with Gasteiger partial charge in [0.25, 0.3) is 0 Å². The first-order valence-corrected chi connectivity index (χ1v) is 18.8. The Balaban J connectivity index is 1.48. The summed E-state index contributed by atoms with van der Waals surface area (Å²) in [6, 6.07) is 3.99. The topological polar surface area (TPSA) is 107 Å². The van der Waals surface area contributed by atoms with E-state index in [1.807, 2.05) is 45.4 Å². The summed E-state index contributed by atoms with van der Waals surface area (Å²) in [5, 5.41) is 10.7. The molecule has 2 aromatic heterocycles. The predicted molar refractivity (Wildman–Crippen MR) is 165 cm³/mol. The third-order valence-corrected chi connectivity index (χ3v) is 9.63. The highest BCUT2D eigenvalue weighted by molar-refractivity contribution is 6.76. The zero-order valence-corrected chi connectivity index (χ0v) is 27.5. The van der Waals surface area contributed by atoms with Crippen molar-refractivity contribution in [2.75, 3.05) is 11.9 Å². The lowest BCUT2D eigenvalue weighted by Crippen LogP contribution is -2.51. The van der Waals surface area contributed by atoms with E-state index in [1.165, 1.54) is 0 Å². The number of hydrogen-bond donors (Lipinski definition) is 2. The molecule has 0 spiro atoms. The molecule has 11 heteroatoms. The van der Waals surface area contributed by atoms with E-state index >= 15 is 0 Å². The van der Waals surface area contributed by atoms with Gasteiger partial charge in [-0.25, -0.2) is 14.5 Å². The van der Waals surface area contributed by atoms with Gasteiger partial charge in [-0.05, 0) is 96.2 Å². The third kappa shape index (κ3) is 8.78. The van der Waals surface area contributed by atoms with Crippen molar-refractivity contribution in [2.24, 2.45) is 17.8 Å². The van der Waals surface area contributed by atoms with Crippen molar-refractivity contribution in [3.8, 4) is 11.1 Å². The quantitative estimate of drug-likeness (QED) is 0.157. The second-order valence-corrected chi connectivity index (χ2v) is 19.8. The molecule has 2 amide bonds. The molecule has 0 aliphatic heterocycles. The van der Waals surface area contributed by atoms with Crippen molar-refractivity contribution in [3.05, 3.63) is 28.7 Å². The fourth-order valence-corrected chi connectivity index (χ4v) is 6.30. The molecule has 2 saturated carbocycles. The van der Waals surface area contributed by atoms with Crippen molar-refractivity contribution in [3.63, 3.8) is 0 Å². The van der Waals surface area contributed by atoms with E-state index < -0.39 is 25.8 Å². The molecule has 41 heavy (non-hydrogen) atoms. The number of carbonyl (C=O) groups excluding carboxylic acids is 2. The van der Waals surface area contributed by atoms with Crippen molar-refractivity contribution >= 4 is 37.5 Å². The molecule has 2 aliphatic rings. The standard InChI is InChI=1S/C30H46ClN5O4Si/c1-18-24(19(2)36(35-18)17-39-15-16-41(6,7)8)22-13-14-23(32-27(22)31)33-28(37)26(34-29(38)40-30(3,4)5)25(20-9-10-20)21-11-12-21/h13-14,20-21,25-26H,9-12,15-17H2,1-8H3,(H,34,38)(H,32,33,37)/t26-/m0/s1. The number of rotatable bonds is 12. The van der Waals surface area contributed by atoms with Crippen molar-refractivity contribution in [1.29, 1.82) is 0 Å². The predicted octanol–water partition coefficient (Wildman–Crippen LogP) is 6.80. The summed E-state index contributed by atoms with van der Waals surface area (Å²) in [5.74, 6) is 0.999. The summed E-state index contributed by atoms with van der Waals surface area (Å²) in [6.45, 7) is 17.4. The van der Waals surface area contributed by atoms with Gasteiger partial charge in [0.05, 0.1) is 5.69 Å². The first-order chi connectivity index (χ1) is 19.1. The minimum absolute atomic E-state index is 0.0846. The molecule has 4 rings (SSSR count). The van der Waals surface area contributed by atoms with Gasteiger partial charge in [0.15, 0.2) is 0 Å². The second kappa shape index (κ2) is 12.4. The Kier molecular flexibility index (Phi) is 9.55. The van der Waals surface area contributed by atoms with Crippen LogP contribution in [-0.4, -0.2) is 53.1 Å². The fraction of sp³-hybridized carbons (Fsp3) is 0.667. The summed E-state index contributed by atoms with van der Waals surface area (Å²) < 4.78 is 13.3. The van der Waals surface area contributed by atoms with Crippen LogP contribution in [0.3, 0.4) is 0 Å². The third-order valence-electron chi connectivity index (χ3n) is 7.63. The number of pyridine rings is 1. The van der Waals surface area contributed by atoms with Crippen LogP contribution in [0.2, 0.25) is 30.8 Å². The largest absolute Gasteiger partial charge is 0.444 e. The van der Waals surface area contributed by atoms with Gasteiger partial charge in [0.2, 0.25) is 5.91 Å². The Labute approximate surface area is 250 Å². The van der Waals surface area contributed by atoms with Crippen molar-refractivity contribution in [2.45, 2.75) is 104 Å². The van der Waals surface area contributed by atoms with Crippen LogP contribution in [0.25, 0.3) is 11.1 Å². The average Bonchev–Trinajstić information content (AvgIpc) is 3.76. The number of nitrogens with zero attached hydrogens (tertiary/aromatic N) is 3. The number of alkyl carbamates (subject to hydrolysis) is 1. The SMILES string of the molecule is Cc1nn(COCC[Si](C)(C)C)c(C)c1-c1ccc(NC(=O)[C@@H](NC(=O)OC(C)(C)C)C(C2CC2)C2CC2)nc1Cl. The lowest BCUT2D eigenvalue weighted by Gasteiger charge is -2.29. The molecular weight excluding hydrogens is 558 g/mol. The van der Waals surface area contributed by atoms with Gasteiger partial charge in [-0.2, -0.15) is 5.10 Å². The summed E-state index contributed by atoms with van der Waals surface area (Å²) >= 11 is 6.68. The lowest BCUT2D eigenvalue weighted by atomic mass is 9.89. The maximum Gasteiger partial charge on any atom is 0.408 e. The molecule has 2 N–H and O–H groups in total. The number of anilines is 1. The van der Waals surface area contributed by atoms with Crippen molar-refractivity contribution in [1.82, 2.24) is 20.1 Å². The summed E-state index contributed by atoms with van der Waals surface area (Å²) in [5.41, 5.74) is 2.75. The molecule has 2 aliphatic carbocycles. The van der Waals surface area contributed by atoms with Crippen molar-refractivity contribution < 1.29 is 19.1 Å². The van der Waals surface area contributed by atoms with E-state index in [2.05, 4.69) is 40.4 Å². The van der Waals surface area contributed by atoms with Gasteiger partial charge < -0.3 is 20.1 Å². The van der Waals surface area contributed by atoms with E-state index in [-0.39, 0.29) is 17.0 Å². The Morgan fingerprint density at radius 3 is 2.29 bits per heavy atom. The molecule has 0 bridgehead atoms. The number of ether oxygens (including phenoxy) is 2. The van der Waals surface area contributed by atoms with Crippen LogP contribution in [0, 0.1) is 31.6 Å². The molecule has 0 unspecified atom stereocenters. The number of hydrogen-bond acceptors (Lipinski definition) is 6. The molecule has 1 atom stereocenters. The van der Waals surface area contributed by atoms with E-state index in [4.69, 9.17) is 21.1 Å². The molecule has 2 heterocycles. The molecule has 0 saturated heterocycles. The van der Waals surface area contributed by atoms with Crippen LogP contribution in [0.4, 0.5) is 10.6 Å². The van der Waals surface area contributed by atoms with E-state index in [9.17, 15) is 9.59 Å². The van der Waals surface area contributed by atoms with E-state index in [1.54, 1.807) is 6.07 Å². The fourth-order valence-electron chi connectivity index (χ4n) is 5.30. The van der Waals surface area contributed by atoms with Gasteiger partial charge in [-0.15, -0.1) is 0 Å². The lowest BCUT2D eigenvalue weighted by molar-refractivity contribution is -0.120. The maximum absolute atomic E-state index is 13.6. The Bertz CT molecular complexity index is 1250. The van der Waals surface area contributed by atoms with Crippen LogP contribution in [0.5, 0.6) is 0 Å². The minimum Gasteiger partial charge on any atom is -0.444 e. The average molecular weight is 604 g/mol. The number of halogens is 1. The zero-order chi connectivity index (χ0) is 30.1. The van der Waals surface area contributed by atoms with Crippen LogP contribution in [0.15, 0.2) is 12.1 Å². The summed E-state index contributed by atoms with van der Waals surface area (Å²) in [6.07, 6.45) is 3.73. The van der Waals surface area contributed by atoms with E-state index in [0.717, 1.165) is 54.2 Å². The number of carbonyl (C=O) groups is 2. The van der Waals surface area contributed by atoms with Crippen LogP contribution in [0.1, 0.15) is 57.8 Å². The molecule has 9 nitrogen and oxygen atoms in total. The van der Waals surface area contributed by atoms with Crippen LogP contribution < -0.4 is 10.6 Å². The van der Waals surface area contributed by atoms with Gasteiger partial charge in [0, 0.05) is 31.5 Å². The number of amides is 2. The Morgan fingerprint density at radius 1 is 1.12 bits per heavy atom. The molecular formula is C30H46ClN5O4Si. The number of aromatic nitrogens is 3. The molecule has 0 radical (unpaired) electrons. The Hall–Kier alpha value is -2.43. The summed E-state index contributed by atoms with van der Waals surface area (Å²) in [7, 11) is -1.17. The number of nitrogens with one attached hydrogen (secondary N) is 2. The van der Waals surface area contributed by atoms with Crippen LogP contribution in [-0.2, 0) is 21.0 Å². The first-order valence-electron chi connectivity index (χ1n) is 14.7. The second-order valence-electron chi connectivity index (χ2n) is 13.8. The summed E-state index contributed by atoms with van der Waals surface area (Å²) in [4.78, 5) is 30.8. The molecule has 0 aromatic carbocycles. The Morgan fingerprint density at radius 2 is 1.76 bits per heavy atom. The highest BCUT2D eigenvalue weighted by Crippen LogP contribution is 2.51. The highest BCUT2D eigenvalue weighted by atomic mass is 35.5.